The largest absolute Gasteiger partial charge is 0.442 e. The van der Waals surface area contributed by atoms with E-state index in [4.69, 9.17) is 9.15 Å². The minimum atomic E-state index is -0.585. The van der Waals surface area contributed by atoms with Gasteiger partial charge < -0.3 is 14.5 Å². The summed E-state index contributed by atoms with van der Waals surface area (Å²) in [6.07, 6.45) is 0.438. The minimum Gasteiger partial charge on any atom is -0.442 e. The SMILES string of the molecule is CC(=O)NC[C@H]1CN(c2ccc(-c3ccc(-c4nnc(C)o4)nc3)c(F)c2)C(=O)O1. The summed E-state index contributed by atoms with van der Waals surface area (Å²) in [6.45, 7) is 3.49. The molecule has 10 heteroatoms. The van der Waals surface area contributed by atoms with Crippen LogP contribution in [-0.4, -0.2) is 46.4 Å². The average Bonchev–Trinajstić information content (AvgIpc) is 3.32. The number of nitrogens with one attached hydrogen (secondary N) is 1. The van der Waals surface area contributed by atoms with Crippen LogP contribution in [0.2, 0.25) is 0 Å². The first-order valence-electron chi connectivity index (χ1n) is 9.20. The molecule has 1 aliphatic heterocycles. The zero-order chi connectivity index (χ0) is 21.3. The number of cyclic esters (lactones) is 1. The van der Waals surface area contributed by atoms with Crippen LogP contribution in [0.15, 0.2) is 40.9 Å². The molecule has 3 heterocycles. The van der Waals surface area contributed by atoms with E-state index in [1.807, 2.05) is 0 Å². The first-order valence-corrected chi connectivity index (χ1v) is 9.20. The van der Waals surface area contributed by atoms with Gasteiger partial charge in [0.1, 0.15) is 17.6 Å². The highest BCUT2D eigenvalue weighted by molar-refractivity contribution is 5.90. The fourth-order valence-corrected chi connectivity index (χ4v) is 3.08. The third kappa shape index (κ3) is 3.97. The first-order chi connectivity index (χ1) is 14.4. The highest BCUT2D eigenvalue weighted by atomic mass is 19.1. The van der Waals surface area contributed by atoms with Crippen LogP contribution < -0.4 is 10.2 Å². The quantitative estimate of drug-likeness (QED) is 0.687. The standard InChI is InChI=1S/C20H18FN5O4/c1-11(27)22-9-15-10-26(20(28)30-15)14-4-5-16(17(21)7-14)13-3-6-18(23-8-13)19-25-24-12(2)29-19/h3-8,15H,9-10H2,1-2H3,(H,22,27)/t15-/m0/s1. The van der Waals surface area contributed by atoms with Crippen molar-refractivity contribution in [1.29, 1.82) is 0 Å². The van der Waals surface area contributed by atoms with Gasteiger partial charge in [0.15, 0.2) is 0 Å². The molecule has 154 valence electrons. The molecule has 0 radical (unpaired) electrons. The Labute approximate surface area is 170 Å². The predicted octanol–water partition coefficient (Wildman–Crippen LogP) is 2.71. The fraction of sp³-hybridized carbons (Fsp3) is 0.250. The maximum Gasteiger partial charge on any atom is 0.414 e. The van der Waals surface area contributed by atoms with Crippen molar-refractivity contribution >= 4 is 17.7 Å². The summed E-state index contributed by atoms with van der Waals surface area (Å²) in [5, 5.41) is 10.3. The van der Waals surface area contributed by atoms with Crippen molar-refractivity contribution < 1.29 is 23.1 Å². The highest BCUT2D eigenvalue weighted by Gasteiger charge is 2.32. The Morgan fingerprint density at radius 1 is 1.30 bits per heavy atom. The van der Waals surface area contributed by atoms with E-state index in [1.54, 1.807) is 31.2 Å². The van der Waals surface area contributed by atoms with E-state index >= 15 is 0 Å². The lowest BCUT2D eigenvalue weighted by Gasteiger charge is -2.14. The van der Waals surface area contributed by atoms with Gasteiger partial charge in [-0.15, -0.1) is 10.2 Å². The molecule has 1 N–H and O–H groups in total. The van der Waals surface area contributed by atoms with Crippen molar-refractivity contribution in [3.63, 3.8) is 0 Å². The van der Waals surface area contributed by atoms with Crippen molar-refractivity contribution in [2.45, 2.75) is 20.0 Å². The number of hydrogen-bond acceptors (Lipinski definition) is 7. The Balaban J connectivity index is 1.51. The molecular formula is C20H18FN5O4. The fourth-order valence-electron chi connectivity index (χ4n) is 3.08. The second-order valence-electron chi connectivity index (χ2n) is 6.78. The second kappa shape index (κ2) is 7.90. The van der Waals surface area contributed by atoms with Crippen LogP contribution in [-0.2, 0) is 9.53 Å². The van der Waals surface area contributed by atoms with Gasteiger partial charge in [-0.1, -0.05) is 6.07 Å². The molecule has 0 bridgehead atoms. The third-order valence-electron chi connectivity index (χ3n) is 4.54. The number of amides is 2. The maximum atomic E-state index is 14.8. The summed E-state index contributed by atoms with van der Waals surface area (Å²) in [4.78, 5) is 28.7. The molecule has 0 unspecified atom stereocenters. The average molecular weight is 411 g/mol. The molecule has 0 saturated carbocycles. The Hall–Kier alpha value is -3.82. The van der Waals surface area contributed by atoms with Crippen LogP contribution in [0.4, 0.5) is 14.9 Å². The van der Waals surface area contributed by atoms with Crippen LogP contribution in [0.5, 0.6) is 0 Å². The van der Waals surface area contributed by atoms with Crippen LogP contribution in [0.1, 0.15) is 12.8 Å². The Bertz CT molecular complexity index is 1100. The molecule has 1 fully saturated rings. The maximum absolute atomic E-state index is 14.8. The number of carbonyl (C=O) groups is 2. The first kappa shape index (κ1) is 19.5. The number of halogens is 1. The van der Waals surface area contributed by atoms with Gasteiger partial charge in [-0.3, -0.25) is 14.7 Å². The van der Waals surface area contributed by atoms with E-state index < -0.39 is 18.0 Å². The number of carbonyl (C=O) groups excluding carboxylic acids is 2. The number of benzene rings is 1. The van der Waals surface area contributed by atoms with Crippen molar-refractivity contribution in [3.8, 4) is 22.7 Å². The Morgan fingerprint density at radius 3 is 2.77 bits per heavy atom. The summed E-state index contributed by atoms with van der Waals surface area (Å²) in [7, 11) is 0. The van der Waals surface area contributed by atoms with Crippen LogP contribution in [0.25, 0.3) is 22.7 Å². The van der Waals surface area contributed by atoms with Gasteiger partial charge in [-0.2, -0.15) is 0 Å². The van der Waals surface area contributed by atoms with Gasteiger partial charge in [0, 0.05) is 31.2 Å². The summed E-state index contributed by atoms with van der Waals surface area (Å²) in [5.41, 5.74) is 1.76. The number of anilines is 1. The van der Waals surface area contributed by atoms with Crippen LogP contribution in [0, 0.1) is 12.7 Å². The lowest BCUT2D eigenvalue weighted by Crippen LogP contribution is -2.33. The van der Waals surface area contributed by atoms with Crippen molar-refractivity contribution in [2.75, 3.05) is 18.0 Å². The van der Waals surface area contributed by atoms with Crippen molar-refractivity contribution in [2.24, 2.45) is 0 Å². The highest BCUT2D eigenvalue weighted by Crippen LogP contribution is 2.29. The topological polar surface area (TPSA) is 110 Å². The van der Waals surface area contributed by atoms with Gasteiger partial charge in [0.2, 0.25) is 11.8 Å². The monoisotopic (exact) mass is 411 g/mol. The van der Waals surface area contributed by atoms with Crippen molar-refractivity contribution in [3.05, 3.63) is 48.2 Å². The lowest BCUT2D eigenvalue weighted by molar-refractivity contribution is -0.119. The second-order valence-corrected chi connectivity index (χ2v) is 6.78. The van der Waals surface area contributed by atoms with E-state index in [-0.39, 0.29) is 24.9 Å². The summed E-state index contributed by atoms with van der Waals surface area (Å²) in [6, 6.07) is 7.85. The summed E-state index contributed by atoms with van der Waals surface area (Å²) < 4.78 is 25.3. The molecule has 1 aromatic carbocycles. The number of rotatable bonds is 5. The van der Waals surface area contributed by atoms with Crippen LogP contribution in [0.3, 0.4) is 0 Å². The third-order valence-corrected chi connectivity index (χ3v) is 4.54. The molecule has 1 saturated heterocycles. The predicted molar refractivity (Wildman–Crippen MR) is 104 cm³/mol. The summed E-state index contributed by atoms with van der Waals surface area (Å²) >= 11 is 0. The molecule has 2 amide bonds. The van der Waals surface area contributed by atoms with Crippen molar-refractivity contribution in [1.82, 2.24) is 20.5 Å². The molecule has 0 spiro atoms. The van der Waals surface area contributed by atoms with Gasteiger partial charge in [0.25, 0.3) is 5.89 Å². The number of ether oxygens (including phenoxy) is 1. The molecular weight excluding hydrogens is 393 g/mol. The molecule has 1 aliphatic rings. The minimum absolute atomic E-state index is 0.204. The number of nitrogens with zero attached hydrogens (tertiary/aromatic N) is 4. The van der Waals surface area contributed by atoms with E-state index in [1.165, 1.54) is 24.1 Å². The number of aromatic nitrogens is 3. The van der Waals surface area contributed by atoms with E-state index in [2.05, 4.69) is 20.5 Å². The molecule has 2 aromatic heterocycles. The number of pyridine rings is 1. The molecule has 4 rings (SSSR count). The molecule has 1 atom stereocenters. The summed E-state index contributed by atoms with van der Waals surface area (Å²) in [5.74, 6) is -0.00366. The normalized spacial score (nSPS) is 15.9. The molecule has 9 nitrogen and oxygen atoms in total. The number of aryl methyl sites for hydroxylation is 1. The van der Waals surface area contributed by atoms with E-state index in [0.717, 1.165) is 0 Å². The van der Waals surface area contributed by atoms with E-state index in [9.17, 15) is 14.0 Å². The van der Waals surface area contributed by atoms with Gasteiger partial charge in [0.05, 0.1) is 18.8 Å². The van der Waals surface area contributed by atoms with Gasteiger partial charge in [-0.05, 0) is 24.3 Å². The smallest absolute Gasteiger partial charge is 0.414 e. The molecule has 30 heavy (non-hydrogen) atoms. The van der Waals surface area contributed by atoms with Crippen LogP contribution >= 0.6 is 0 Å². The molecule has 3 aromatic rings. The lowest BCUT2D eigenvalue weighted by atomic mass is 10.1. The zero-order valence-electron chi connectivity index (χ0n) is 16.3. The van der Waals surface area contributed by atoms with E-state index in [0.29, 0.717) is 28.4 Å². The Morgan fingerprint density at radius 2 is 2.13 bits per heavy atom. The molecule has 0 aliphatic carbocycles. The van der Waals surface area contributed by atoms with Gasteiger partial charge >= 0.3 is 6.09 Å². The zero-order valence-corrected chi connectivity index (χ0v) is 16.3. The van der Waals surface area contributed by atoms with Gasteiger partial charge in [-0.25, -0.2) is 9.18 Å². The number of hydrogen-bond donors (Lipinski definition) is 1. The Kier molecular flexibility index (Phi) is 5.13.